The summed E-state index contributed by atoms with van der Waals surface area (Å²) in [6.07, 6.45) is 2.19. The maximum absolute atomic E-state index is 13.8. The highest BCUT2D eigenvalue weighted by molar-refractivity contribution is 7.89. The Hall–Kier alpha value is -4.23. The number of ether oxygens (including phenoxy) is 4. The molecule has 3 aromatic carbocycles. The van der Waals surface area contributed by atoms with Crippen molar-refractivity contribution in [3.63, 3.8) is 0 Å². The number of Topliss-reactive ketones (excluding diaryl/α,β-unsaturated/α-hetero) is 1. The van der Waals surface area contributed by atoms with Crippen molar-refractivity contribution in [1.29, 1.82) is 0 Å². The summed E-state index contributed by atoms with van der Waals surface area (Å²) in [5, 5.41) is 0.600. The third-order valence-corrected chi connectivity index (χ3v) is 10.7. The number of hydrogen-bond donors (Lipinski definition) is 0. The van der Waals surface area contributed by atoms with Crippen molar-refractivity contribution in [2.45, 2.75) is 42.5 Å². The minimum atomic E-state index is -3.67. The highest BCUT2D eigenvalue weighted by atomic mass is 35.5. The highest BCUT2D eigenvalue weighted by Gasteiger charge is 2.47. The molecule has 3 aliphatic rings. The number of carbonyl (C=O) groups excluding carboxylic acids is 3. The topological polar surface area (TPSA) is 129 Å². The second kappa shape index (κ2) is 13.9. The molecule has 0 amide bonds. The minimum absolute atomic E-state index is 0.117. The second-order valence-corrected chi connectivity index (χ2v) is 13.6. The number of carbonyl (C=O) groups is 3. The molecule has 1 unspecified atom stereocenters. The van der Waals surface area contributed by atoms with Gasteiger partial charge in [0.1, 0.15) is 0 Å². The molecule has 6 rings (SSSR count). The molecular weight excluding hydrogens is 648 g/mol. The van der Waals surface area contributed by atoms with Crippen LogP contribution in [0.4, 0.5) is 0 Å². The molecule has 1 atom stereocenters. The fourth-order valence-corrected chi connectivity index (χ4v) is 8.41. The van der Waals surface area contributed by atoms with Crippen LogP contribution in [0.3, 0.4) is 0 Å². The maximum Gasteiger partial charge on any atom is 0.334 e. The molecule has 3 aliphatic heterocycles. The predicted molar refractivity (Wildman–Crippen MR) is 171 cm³/mol. The summed E-state index contributed by atoms with van der Waals surface area (Å²) < 4.78 is 50.4. The van der Waals surface area contributed by atoms with Crippen molar-refractivity contribution < 1.29 is 41.7 Å². The molecule has 1 saturated heterocycles. The molecule has 0 aliphatic carbocycles. The average molecular weight is 681 g/mol. The molecule has 0 bridgehead atoms. The Bertz CT molecular complexity index is 1780. The number of rotatable bonds is 10. The first-order chi connectivity index (χ1) is 22.7. The minimum Gasteiger partial charge on any atom is -0.493 e. The van der Waals surface area contributed by atoms with E-state index in [-0.39, 0.29) is 11.6 Å². The molecule has 0 aromatic heterocycles. The van der Waals surface area contributed by atoms with Crippen LogP contribution in [0.2, 0.25) is 5.02 Å². The number of likely N-dealkylation sites (tertiary alicyclic amines) is 1. The van der Waals surface area contributed by atoms with E-state index in [1.54, 1.807) is 34.6 Å². The maximum atomic E-state index is 13.8. The lowest BCUT2D eigenvalue weighted by Gasteiger charge is -2.38. The standard InChI is InChI=1S/C34H33ClN2O9S/c1-43-28-21-23(33(40)34-45-30(38)13-14-31(39)46-34)9-12-27(28)44-20-4-17-36-18-15-25(16-19-36)37-32(22-7-10-24(35)11-8-22)26-5-2-3-6-29(26)47(37,41)42/h2-3,5-14,21,25,32,34H,4,15-20H2,1H3. The SMILES string of the molecule is COc1cc(C(=O)C2OC(=O)C=CC(=O)O2)ccc1OCCCN1CCC(N2C(c3ccc(Cl)cc3)c3ccccc3S2(=O)=O)CC1. The van der Waals surface area contributed by atoms with Crippen molar-refractivity contribution in [3.05, 3.63) is 101 Å². The van der Waals surface area contributed by atoms with Crippen molar-refractivity contribution in [3.8, 4) is 11.5 Å². The van der Waals surface area contributed by atoms with Gasteiger partial charge in [-0.1, -0.05) is 41.9 Å². The van der Waals surface area contributed by atoms with Gasteiger partial charge in [0, 0.05) is 35.3 Å². The second-order valence-electron chi connectivity index (χ2n) is 11.4. The van der Waals surface area contributed by atoms with E-state index in [9.17, 15) is 22.8 Å². The lowest BCUT2D eigenvalue weighted by Crippen LogP contribution is -2.46. The number of methoxy groups -OCH3 is 1. The number of cyclic esters (lactones) is 2. The molecule has 0 spiro atoms. The summed E-state index contributed by atoms with van der Waals surface area (Å²) in [5.74, 6) is -1.72. The first kappa shape index (κ1) is 32.7. The van der Waals surface area contributed by atoms with Crippen LogP contribution >= 0.6 is 11.6 Å². The quantitative estimate of drug-likeness (QED) is 0.171. The van der Waals surface area contributed by atoms with E-state index >= 15 is 0 Å². The van der Waals surface area contributed by atoms with Gasteiger partial charge in [0.05, 0.1) is 24.7 Å². The smallest absolute Gasteiger partial charge is 0.334 e. The molecule has 3 aromatic rings. The number of piperidine rings is 1. The third kappa shape index (κ3) is 6.91. The van der Waals surface area contributed by atoms with Gasteiger partial charge in [-0.15, -0.1) is 0 Å². The van der Waals surface area contributed by atoms with Gasteiger partial charge in [0.2, 0.25) is 15.8 Å². The molecule has 0 N–H and O–H groups in total. The fraction of sp³-hybridized carbons (Fsp3) is 0.324. The van der Waals surface area contributed by atoms with Gasteiger partial charge < -0.3 is 23.8 Å². The number of benzene rings is 3. The van der Waals surface area contributed by atoms with Crippen LogP contribution in [-0.2, 0) is 29.1 Å². The van der Waals surface area contributed by atoms with Gasteiger partial charge in [-0.2, -0.15) is 4.31 Å². The molecule has 13 heteroatoms. The Morgan fingerprint density at radius 2 is 1.62 bits per heavy atom. The highest BCUT2D eigenvalue weighted by Crippen LogP contribution is 2.46. The van der Waals surface area contributed by atoms with Gasteiger partial charge >= 0.3 is 18.2 Å². The van der Waals surface area contributed by atoms with E-state index in [0.29, 0.717) is 47.3 Å². The van der Waals surface area contributed by atoms with Crippen LogP contribution in [0.25, 0.3) is 0 Å². The third-order valence-electron chi connectivity index (χ3n) is 8.47. The molecule has 0 saturated carbocycles. The number of hydrogen-bond acceptors (Lipinski definition) is 10. The van der Waals surface area contributed by atoms with Crippen molar-refractivity contribution in [1.82, 2.24) is 9.21 Å². The zero-order valence-corrected chi connectivity index (χ0v) is 27.1. The Morgan fingerprint density at radius 1 is 0.936 bits per heavy atom. The molecular formula is C34H33ClN2O9S. The van der Waals surface area contributed by atoms with E-state index in [0.717, 1.165) is 42.9 Å². The van der Waals surface area contributed by atoms with Crippen LogP contribution in [0.5, 0.6) is 11.5 Å². The summed E-state index contributed by atoms with van der Waals surface area (Å²) >= 11 is 6.14. The zero-order chi connectivity index (χ0) is 33.1. The van der Waals surface area contributed by atoms with Crippen LogP contribution < -0.4 is 9.47 Å². The Morgan fingerprint density at radius 3 is 2.30 bits per heavy atom. The van der Waals surface area contributed by atoms with Gasteiger partial charge in [-0.3, -0.25) is 4.79 Å². The molecule has 1 fully saturated rings. The van der Waals surface area contributed by atoms with Crippen molar-refractivity contribution >= 4 is 39.3 Å². The molecule has 246 valence electrons. The molecule has 47 heavy (non-hydrogen) atoms. The lowest BCUT2D eigenvalue weighted by atomic mass is 9.95. The van der Waals surface area contributed by atoms with Gasteiger partial charge in [0.15, 0.2) is 11.5 Å². The Kier molecular flexibility index (Phi) is 9.65. The predicted octanol–water partition coefficient (Wildman–Crippen LogP) is 4.54. The van der Waals surface area contributed by atoms with Crippen LogP contribution in [-0.4, -0.2) is 81.0 Å². The van der Waals surface area contributed by atoms with E-state index in [2.05, 4.69) is 4.90 Å². The molecule has 11 nitrogen and oxygen atoms in total. The van der Waals surface area contributed by atoms with Crippen LogP contribution in [0.1, 0.15) is 46.8 Å². The van der Waals surface area contributed by atoms with Gasteiger partial charge in [-0.25, -0.2) is 18.0 Å². The van der Waals surface area contributed by atoms with Crippen molar-refractivity contribution in [2.24, 2.45) is 0 Å². The molecule has 0 radical (unpaired) electrons. The lowest BCUT2D eigenvalue weighted by molar-refractivity contribution is -0.169. The normalized spacial score (nSPS) is 20.3. The number of fused-ring (bicyclic) bond motifs is 1. The summed E-state index contributed by atoms with van der Waals surface area (Å²) in [5.41, 5.74) is 1.80. The first-order valence-electron chi connectivity index (χ1n) is 15.2. The molecule has 3 heterocycles. The van der Waals surface area contributed by atoms with Gasteiger partial charge in [-0.05, 0) is 79.9 Å². The monoisotopic (exact) mass is 680 g/mol. The Balaban J connectivity index is 1.03. The average Bonchev–Trinajstić information content (AvgIpc) is 3.18. The number of esters is 2. The van der Waals surface area contributed by atoms with Crippen LogP contribution in [0.15, 0.2) is 83.8 Å². The summed E-state index contributed by atoms with van der Waals surface area (Å²) in [7, 11) is -2.23. The van der Waals surface area contributed by atoms with Crippen LogP contribution in [0, 0.1) is 0 Å². The first-order valence-corrected chi connectivity index (χ1v) is 17.0. The summed E-state index contributed by atoms with van der Waals surface area (Å²) in [4.78, 5) is 38.8. The largest absolute Gasteiger partial charge is 0.493 e. The van der Waals surface area contributed by atoms with E-state index in [1.807, 2.05) is 24.3 Å². The Labute approximate surface area is 277 Å². The summed E-state index contributed by atoms with van der Waals surface area (Å²) in [6, 6.07) is 18.5. The van der Waals surface area contributed by atoms with E-state index in [4.69, 9.17) is 30.5 Å². The number of halogens is 1. The van der Waals surface area contributed by atoms with Gasteiger partial charge in [0.25, 0.3) is 0 Å². The number of sulfonamides is 1. The number of nitrogens with zero attached hydrogens (tertiary/aromatic N) is 2. The van der Waals surface area contributed by atoms with E-state index < -0.39 is 40.1 Å². The fourth-order valence-electron chi connectivity index (χ4n) is 6.21. The summed E-state index contributed by atoms with van der Waals surface area (Å²) in [6.45, 7) is 2.62. The zero-order valence-electron chi connectivity index (χ0n) is 25.5. The van der Waals surface area contributed by atoms with E-state index in [1.165, 1.54) is 19.2 Å². The number of ketones is 1. The van der Waals surface area contributed by atoms with Crippen molar-refractivity contribution in [2.75, 3.05) is 33.4 Å².